The van der Waals surface area contributed by atoms with Crippen molar-refractivity contribution in [2.24, 2.45) is 5.92 Å². The van der Waals surface area contributed by atoms with Gasteiger partial charge in [-0.05, 0) is 55.4 Å². The first-order valence-electron chi connectivity index (χ1n) is 9.21. The molecule has 1 amide bonds. The monoisotopic (exact) mass is 353 g/mol. The van der Waals surface area contributed by atoms with Crippen LogP contribution >= 0.6 is 0 Å². The standard InChI is InChI=1S/C21H27N3O2/c1-24(2)20-9-5-16(6-10-20)17-11-18(13-22-12-17)21(26)23-19-7-3-15(14-25)4-8-19/h5-6,9-13,15,19,25H,3-4,7-8,14H2,1-2H3,(H,23,26). The highest BCUT2D eigenvalue weighted by Crippen LogP contribution is 2.25. The van der Waals surface area contributed by atoms with Crippen LogP contribution in [0.25, 0.3) is 11.1 Å². The number of aliphatic hydroxyl groups excluding tert-OH is 1. The number of hydrogen-bond acceptors (Lipinski definition) is 4. The summed E-state index contributed by atoms with van der Waals surface area (Å²) in [6.45, 7) is 0.249. The lowest BCUT2D eigenvalue weighted by atomic mass is 9.86. The van der Waals surface area contributed by atoms with Gasteiger partial charge in [0.25, 0.3) is 5.91 Å². The van der Waals surface area contributed by atoms with Gasteiger partial charge in [0.1, 0.15) is 0 Å². The van der Waals surface area contributed by atoms with Gasteiger partial charge in [0.15, 0.2) is 0 Å². The molecule has 2 N–H and O–H groups in total. The number of rotatable bonds is 5. The first-order valence-corrected chi connectivity index (χ1v) is 9.21. The van der Waals surface area contributed by atoms with Crippen molar-refractivity contribution in [2.75, 3.05) is 25.6 Å². The summed E-state index contributed by atoms with van der Waals surface area (Å²) < 4.78 is 0. The van der Waals surface area contributed by atoms with E-state index in [1.807, 2.05) is 32.3 Å². The first-order chi connectivity index (χ1) is 12.6. The number of hydrogen-bond donors (Lipinski definition) is 2. The van der Waals surface area contributed by atoms with E-state index in [1.165, 1.54) is 0 Å². The summed E-state index contributed by atoms with van der Waals surface area (Å²) >= 11 is 0. The molecule has 0 unspecified atom stereocenters. The molecular formula is C21H27N3O2. The number of amides is 1. The fraction of sp³-hybridized carbons (Fsp3) is 0.429. The van der Waals surface area contributed by atoms with E-state index in [1.54, 1.807) is 12.4 Å². The van der Waals surface area contributed by atoms with Crippen LogP contribution < -0.4 is 10.2 Å². The molecular weight excluding hydrogens is 326 g/mol. The maximum absolute atomic E-state index is 12.6. The summed E-state index contributed by atoms with van der Waals surface area (Å²) in [7, 11) is 4.02. The number of nitrogens with one attached hydrogen (secondary N) is 1. The van der Waals surface area contributed by atoms with Gasteiger partial charge in [-0.1, -0.05) is 12.1 Å². The van der Waals surface area contributed by atoms with Gasteiger partial charge in [-0.25, -0.2) is 0 Å². The molecule has 1 aliphatic carbocycles. The quantitative estimate of drug-likeness (QED) is 0.867. The minimum Gasteiger partial charge on any atom is -0.396 e. The molecule has 0 radical (unpaired) electrons. The van der Waals surface area contributed by atoms with E-state index in [9.17, 15) is 9.90 Å². The molecule has 0 bridgehead atoms. The van der Waals surface area contributed by atoms with Gasteiger partial charge in [0.2, 0.25) is 0 Å². The average Bonchev–Trinajstić information content (AvgIpc) is 2.68. The summed E-state index contributed by atoms with van der Waals surface area (Å²) in [5.74, 6) is 0.315. The van der Waals surface area contributed by atoms with Crippen molar-refractivity contribution in [3.8, 4) is 11.1 Å². The number of anilines is 1. The molecule has 0 aliphatic heterocycles. The van der Waals surface area contributed by atoms with Crippen LogP contribution in [0.3, 0.4) is 0 Å². The van der Waals surface area contributed by atoms with Gasteiger partial charge < -0.3 is 15.3 Å². The van der Waals surface area contributed by atoms with Crippen molar-refractivity contribution in [1.82, 2.24) is 10.3 Å². The average molecular weight is 353 g/mol. The summed E-state index contributed by atoms with van der Waals surface area (Å²) in [4.78, 5) is 18.9. The summed E-state index contributed by atoms with van der Waals surface area (Å²) in [6, 6.07) is 10.3. The van der Waals surface area contributed by atoms with Crippen LogP contribution in [0.1, 0.15) is 36.0 Å². The second kappa shape index (κ2) is 8.32. The smallest absolute Gasteiger partial charge is 0.253 e. The second-order valence-electron chi connectivity index (χ2n) is 7.28. The van der Waals surface area contributed by atoms with Crippen LogP contribution in [-0.2, 0) is 0 Å². The predicted molar refractivity (Wildman–Crippen MR) is 104 cm³/mol. The number of aromatic nitrogens is 1. The first kappa shape index (κ1) is 18.4. The van der Waals surface area contributed by atoms with Crippen molar-refractivity contribution in [3.63, 3.8) is 0 Å². The van der Waals surface area contributed by atoms with Gasteiger partial charge >= 0.3 is 0 Å². The van der Waals surface area contributed by atoms with Crippen LogP contribution in [0, 0.1) is 5.92 Å². The third kappa shape index (κ3) is 4.41. The van der Waals surface area contributed by atoms with Crippen molar-refractivity contribution in [1.29, 1.82) is 0 Å². The van der Waals surface area contributed by atoms with Crippen LogP contribution in [0.4, 0.5) is 5.69 Å². The van der Waals surface area contributed by atoms with Crippen LogP contribution in [-0.4, -0.2) is 42.7 Å². The Morgan fingerprint density at radius 1 is 1.12 bits per heavy atom. The van der Waals surface area contributed by atoms with Crippen molar-refractivity contribution < 1.29 is 9.90 Å². The molecule has 0 spiro atoms. The van der Waals surface area contributed by atoms with Crippen molar-refractivity contribution in [2.45, 2.75) is 31.7 Å². The fourth-order valence-electron chi connectivity index (χ4n) is 3.43. The van der Waals surface area contributed by atoms with Gasteiger partial charge in [-0.2, -0.15) is 0 Å². The number of carbonyl (C=O) groups is 1. The number of aliphatic hydroxyl groups is 1. The third-order valence-corrected chi connectivity index (χ3v) is 5.16. The molecule has 1 aromatic heterocycles. The van der Waals surface area contributed by atoms with Gasteiger partial charge in [-0.3, -0.25) is 9.78 Å². The second-order valence-corrected chi connectivity index (χ2v) is 7.28. The van der Waals surface area contributed by atoms with E-state index in [0.29, 0.717) is 11.5 Å². The van der Waals surface area contributed by atoms with E-state index in [-0.39, 0.29) is 18.6 Å². The SMILES string of the molecule is CN(C)c1ccc(-c2cncc(C(=O)NC3CCC(CO)CC3)c2)cc1. The van der Waals surface area contributed by atoms with Crippen molar-refractivity contribution in [3.05, 3.63) is 48.3 Å². The normalized spacial score (nSPS) is 19.8. The molecule has 3 rings (SSSR count). The van der Waals surface area contributed by atoms with E-state index in [0.717, 1.165) is 42.5 Å². The molecule has 0 saturated heterocycles. The summed E-state index contributed by atoms with van der Waals surface area (Å²) in [5, 5.41) is 12.3. The maximum atomic E-state index is 12.6. The Labute approximate surface area is 155 Å². The van der Waals surface area contributed by atoms with Crippen LogP contribution in [0.15, 0.2) is 42.7 Å². The lowest BCUT2D eigenvalue weighted by molar-refractivity contribution is 0.0913. The number of pyridine rings is 1. The zero-order chi connectivity index (χ0) is 18.5. The number of nitrogens with zero attached hydrogens (tertiary/aromatic N) is 2. The fourth-order valence-corrected chi connectivity index (χ4v) is 3.43. The molecule has 1 fully saturated rings. The van der Waals surface area contributed by atoms with Crippen LogP contribution in [0.2, 0.25) is 0 Å². The van der Waals surface area contributed by atoms with E-state index >= 15 is 0 Å². The van der Waals surface area contributed by atoms with E-state index in [2.05, 4.69) is 27.3 Å². The highest BCUT2D eigenvalue weighted by Gasteiger charge is 2.22. The Morgan fingerprint density at radius 3 is 2.42 bits per heavy atom. The minimum atomic E-state index is -0.0725. The summed E-state index contributed by atoms with van der Waals surface area (Å²) in [5.41, 5.74) is 3.70. The largest absolute Gasteiger partial charge is 0.396 e. The predicted octanol–water partition coefficient (Wildman–Crippen LogP) is 3.10. The molecule has 1 heterocycles. The van der Waals surface area contributed by atoms with Crippen molar-refractivity contribution >= 4 is 11.6 Å². The Bertz CT molecular complexity index is 735. The Morgan fingerprint density at radius 2 is 1.81 bits per heavy atom. The lowest BCUT2D eigenvalue weighted by Gasteiger charge is -2.27. The van der Waals surface area contributed by atoms with E-state index < -0.39 is 0 Å². The number of benzene rings is 1. The molecule has 1 aliphatic rings. The zero-order valence-electron chi connectivity index (χ0n) is 15.5. The minimum absolute atomic E-state index is 0.0725. The maximum Gasteiger partial charge on any atom is 0.253 e. The molecule has 2 aromatic rings. The topological polar surface area (TPSA) is 65.5 Å². The Balaban J connectivity index is 1.67. The van der Waals surface area contributed by atoms with E-state index in [4.69, 9.17) is 0 Å². The Hall–Kier alpha value is -2.40. The van der Waals surface area contributed by atoms with Gasteiger partial charge in [0.05, 0.1) is 5.56 Å². The summed E-state index contributed by atoms with van der Waals surface area (Å²) in [6.07, 6.45) is 7.20. The highest BCUT2D eigenvalue weighted by atomic mass is 16.3. The van der Waals surface area contributed by atoms with Gasteiger partial charge in [0, 0.05) is 50.4 Å². The molecule has 1 aromatic carbocycles. The molecule has 0 atom stereocenters. The third-order valence-electron chi connectivity index (χ3n) is 5.16. The van der Waals surface area contributed by atoms with Crippen LogP contribution in [0.5, 0.6) is 0 Å². The lowest BCUT2D eigenvalue weighted by Crippen LogP contribution is -2.38. The number of carbonyl (C=O) groups excluding carboxylic acids is 1. The molecule has 1 saturated carbocycles. The molecule has 26 heavy (non-hydrogen) atoms. The van der Waals surface area contributed by atoms with Gasteiger partial charge in [-0.15, -0.1) is 0 Å². The Kier molecular flexibility index (Phi) is 5.89. The molecule has 138 valence electrons. The highest BCUT2D eigenvalue weighted by molar-refractivity contribution is 5.95. The molecule has 5 heteroatoms. The zero-order valence-corrected chi connectivity index (χ0v) is 15.5. The molecule has 5 nitrogen and oxygen atoms in total.